The van der Waals surface area contributed by atoms with Crippen LogP contribution in [0.5, 0.6) is 0 Å². The molecule has 0 aromatic carbocycles. The molecule has 3 nitrogen and oxygen atoms in total. The summed E-state index contributed by atoms with van der Waals surface area (Å²) in [6, 6.07) is 3.44. The quantitative estimate of drug-likeness (QED) is 0.471. The Morgan fingerprint density at radius 1 is 1.12 bits per heavy atom. The molecule has 0 bridgehead atoms. The number of aromatic nitrogens is 1. The Balaban J connectivity index is 2.77. The largest absolute Gasteiger partial charge is 0.591 e. The molecular formula is C4H6BNO2. The van der Waals surface area contributed by atoms with Gasteiger partial charge in [0.15, 0.2) is 0 Å². The van der Waals surface area contributed by atoms with Crippen LogP contribution in [0.15, 0.2) is 24.5 Å². The predicted molar refractivity (Wildman–Crippen MR) is 30.0 cm³/mol. The van der Waals surface area contributed by atoms with E-state index in [4.69, 9.17) is 10.0 Å². The average molecular weight is 111 g/mol. The second-order valence-electron chi connectivity index (χ2n) is 1.48. The van der Waals surface area contributed by atoms with Gasteiger partial charge in [-0.25, -0.2) is 0 Å². The van der Waals surface area contributed by atoms with Crippen LogP contribution in [0.3, 0.4) is 0 Å². The lowest BCUT2D eigenvalue weighted by Crippen LogP contribution is -2.21. The van der Waals surface area contributed by atoms with Gasteiger partial charge in [0.2, 0.25) is 0 Å². The third-order valence-electron chi connectivity index (χ3n) is 0.894. The van der Waals surface area contributed by atoms with Crippen molar-refractivity contribution in [3.63, 3.8) is 0 Å². The Hall–Kier alpha value is -0.735. The number of hydrogen-bond donors (Lipinski definition) is 2. The summed E-state index contributed by atoms with van der Waals surface area (Å²) in [5.74, 6) is 0. The molecule has 1 aromatic rings. The maximum atomic E-state index is 8.43. The maximum Gasteiger partial charge on any atom is 0.591 e. The third-order valence-corrected chi connectivity index (χ3v) is 0.894. The number of hydrogen-bond acceptors (Lipinski definition) is 2. The van der Waals surface area contributed by atoms with E-state index in [1.807, 2.05) is 0 Å². The summed E-state index contributed by atoms with van der Waals surface area (Å²) in [6.07, 6.45) is 3.15. The van der Waals surface area contributed by atoms with Crippen molar-refractivity contribution >= 4 is 7.25 Å². The monoisotopic (exact) mass is 111 g/mol. The molecule has 1 rings (SSSR count). The summed E-state index contributed by atoms with van der Waals surface area (Å²) < 4.78 is 1.28. The molecule has 0 amide bonds. The van der Waals surface area contributed by atoms with Gasteiger partial charge in [0.25, 0.3) is 0 Å². The van der Waals surface area contributed by atoms with Gasteiger partial charge in [0.05, 0.1) is 0 Å². The average Bonchev–Trinajstić information content (AvgIpc) is 2.12. The molecule has 0 aliphatic rings. The summed E-state index contributed by atoms with van der Waals surface area (Å²) in [7, 11) is -1.40. The Kier molecular flexibility index (Phi) is 1.37. The molecule has 0 fully saturated rings. The number of rotatable bonds is 1. The minimum absolute atomic E-state index is 1.28. The highest BCUT2D eigenvalue weighted by molar-refractivity contribution is 6.39. The predicted octanol–water partition coefficient (Wildman–Crippen LogP) is -0.694. The minimum Gasteiger partial charge on any atom is -0.407 e. The lowest BCUT2D eigenvalue weighted by atomic mass is 10.1. The molecule has 4 heteroatoms. The van der Waals surface area contributed by atoms with Crippen LogP contribution in [-0.2, 0) is 0 Å². The second-order valence-corrected chi connectivity index (χ2v) is 1.48. The van der Waals surface area contributed by atoms with E-state index < -0.39 is 7.25 Å². The Morgan fingerprint density at radius 2 is 1.62 bits per heavy atom. The van der Waals surface area contributed by atoms with Crippen molar-refractivity contribution in [3.8, 4) is 0 Å². The van der Waals surface area contributed by atoms with E-state index in [-0.39, 0.29) is 0 Å². The standard InChI is InChI=1S/C4H6BNO2/c7-5(8)6-3-1-2-4-6/h1-4,7-8H. The zero-order chi connectivity index (χ0) is 5.98. The van der Waals surface area contributed by atoms with Gasteiger partial charge >= 0.3 is 7.25 Å². The molecule has 1 aromatic heterocycles. The molecule has 0 saturated heterocycles. The second kappa shape index (κ2) is 2.02. The molecule has 0 radical (unpaired) electrons. The first kappa shape index (κ1) is 5.40. The molecule has 0 saturated carbocycles. The van der Waals surface area contributed by atoms with Crippen molar-refractivity contribution in [1.82, 2.24) is 4.48 Å². The normalized spacial score (nSPS) is 9.25. The van der Waals surface area contributed by atoms with Crippen LogP contribution in [0.2, 0.25) is 0 Å². The lowest BCUT2D eigenvalue weighted by Gasteiger charge is -1.94. The van der Waals surface area contributed by atoms with Crippen LogP contribution in [0, 0.1) is 0 Å². The van der Waals surface area contributed by atoms with Crippen LogP contribution in [-0.4, -0.2) is 21.8 Å². The fourth-order valence-corrected chi connectivity index (χ4v) is 0.502. The molecular weight excluding hydrogens is 105 g/mol. The minimum atomic E-state index is -1.40. The third kappa shape index (κ3) is 0.909. The molecule has 2 N–H and O–H groups in total. The lowest BCUT2D eigenvalue weighted by molar-refractivity contribution is 0.392. The van der Waals surface area contributed by atoms with Crippen molar-refractivity contribution in [3.05, 3.63) is 24.5 Å². The van der Waals surface area contributed by atoms with Gasteiger partial charge in [0.1, 0.15) is 0 Å². The fourth-order valence-electron chi connectivity index (χ4n) is 0.502. The molecule has 0 aliphatic heterocycles. The van der Waals surface area contributed by atoms with Crippen LogP contribution >= 0.6 is 0 Å². The smallest absolute Gasteiger partial charge is 0.407 e. The zero-order valence-electron chi connectivity index (χ0n) is 4.23. The summed E-state index contributed by atoms with van der Waals surface area (Å²) in [5, 5.41) is 16.9. The first-order valence-electron chi connectivity index (χ1n) is 2.29. The molecule has 8 heavy (non-hydrogen) atoms. The first-order chi connectivity index (χ1) is 3.80. The summed E-state index contributed by atoms with van der Waals surface area (Å²) in [4.78, 5) is 0. The van der Waals surface area contributed by atoms with Gasteiger partial charge in [0, 0.05) is 0 Å². The Bertz CT molecular complexity index is 149. The van der Waals surface area contributed by atoms with Crippen LogP contribution in [0.1, 0.15) is 0 Å². The first-order valence-corrected chi connectivity index (χ1v) is 2.29. The van der Waals surface area contributed by atoms with Crippen molar-refractivity contribution in [1.29, 1.82) is 0 Å². The van der Waals surface area contributed by atoms with Crippen molar-refractivity contribution in [2.45, 2.75) is 0 Å². The number of nitrogens with zero attached hydrogens (tertiary/aromatic N) is 1. The maximum absolute atomic E-state index is 8.43. The molecule has 0 spiro atoms. The fraction of sp³-hybridized carbons (Fsp3) is 0. The van der Waals surface area contributed by atoms with E-state index in [0.29, 0.717) is 0 Å². The van der Waals surface area contributed by atoms with Crippen molar-refractivity contribution < 1.29 is 10.0 Å². The van der Waals surface area contributed by atoms with Gasteiger partial charge < -0.3 is 14.5 Å². The topological polar surface area (TPSA) is 45.4 Å². The van der Waals surface area contributed by atoms with E-state index in [2.05, 4.69) is 0 Å². The Labute approximate surface area is 47.4 Å². The van der Waals surface area contributed by atoms with Gasteiger partial charge in [-0.15, -0.1) is 0 Å². The van der Waals surface area contributed by atoms with Crippen molar-refractivity contribution in [2.24, 2.45) is 0 Å². The van der Waals surface area contributed by atoms with Gasteiger partial charge in [-0.3, -0.25) is 0 Å². The molecule has 0 atom stereocenters. The van der Waals surface area contributed by atoms with Gasteiger partial charge in [-0.05, 0) is 24.5 Å². The highest BCUT2D eigenvalue weighted by Gasteiger charge is 2.06. The Morgan fingerprint density at radius 3 is 1.88 bits per heavy atom. The SMILES string of the molecule is OB(O)n1cccc1. The van der Waals surface area contributed by atoms with E-state index >= 15 is 0 Å². The summed E-state index contributed by atoms with van der Waals surface area (Å²) >= 11 is 0. The van der Waals surface area contributed by atoms with Crippen LogP contribution < -0.4 is 0 Å². The van der Waals surface area contributed by atoms with Crippen LogP contribution in [0.4, 0.5) is 0 Å². The highest BCUT2D eigenvalue weighted by Crippen LogP contribution is 1.86. The molecule has 0 aliphatic carbocycles. The van der Waals surface area contributed by atoms with E-state index in [9.17, 15) is 0 Å². The van der Waals surface area contributed by atoms with E-state index in [1.165, 1.54) is 4.48 Å². The van der Waals surface area contributed by atoms with Crippen LogP contribution in [0.25, 0.3) is 0 Å². The van der Waals surface area contributed by atoms with E-state index in [0.717, 1.165) is 0 Å². The van der Waals surface area contributed by atoms with Crippen molar-refractivity contribution in [2.75, 3.05) is 0 Å². The van der Waals surface area contributed by atoms with E-state index in [1.54, 1.807) is 24.5 Å². The molecule has 1 heterocycles. The van der Waals surface area contributed by atoms with Gasteiger partial charge in [-0.1, -0.05) is 0 Å². The zero-order valence-corrected chi connectivity index (χ0v) is 4.23. The summed E-state index contributed by atoms with van der Waals surface area (Å²) in [5.41, 5.74) is 0. The molecule has 42 valence electrons. The summed E-state index contributed by atoms with van der Waals surface area (Å²) in [6.45, 7) is 0. The highest BCUT2D eigenvalue weighted by atomic mass is 16.4. The molecule has 0 unspecified atom stereocenters. The van der Waals surface area contributed by atoms with Gasteiger partial charge in [-0.2, -0.15) is 0 Å².